The summed E-state index contributed by atoms with van der Waals surface area (Å²) in [7, 11) is -4.14. The summed E-state index contributed by atoms with van der Waals surface area (Å²) in [4.78, 5) is 11.5. The van der Waals surface area contributed by atoms with E-state index >= 15 is 0 Å². The third kappa shape index (κ3) is 5.34. The molecule has 0 fully saturated rings. The van der Waals surface area contributed by atoms with Gasteiger partial charge in [-0.1, -0.05) is 0 Å². The predicted octanol–water partition coefficient (Wildman–Crippen LogP) is 1.39. The Morgan fingerprint density at radius 3 is 2.62 bits per heavy atom. The molecule has 1 aromatic carbocycles. The van der Waals surface area contributed by atoms with Crippen molar-refractivity contribution in [1.29, 1.82) is 0 Å². The molecule has 6 nitrogen and oxygen atoms in total. The van der Waals surface area contributed by atoms with Crippen LogP contribution in [0.5, 0.6) is 0 Å². The lowest BCUT2D eigenvalue weighted by atomic mass is 10.2. The summed E-state index contributed by atoms with van der Waals surface area (Å²) in [6.07, 6.45) is 0.0248. The van der Waals surface area contributed by atoms with Gasteiger partial charge in [0, 0.05) is 6.54 Å². The van der Waals surface area contributed by atoms with Crippen molar-refractivity contribution in [2.75, 3.05) is 13.2 Å². The van der Waals surface area contributed by atoms with E-state index in [1.165, 1.54) is 0 Å². The SMILES string of the molecule is CC(C)OCCNC(=O)c1cc(F)cc(S(N)(=O)=O)c1Br. The molecule has 0 aliphatic carbocycles. The molecule has 0 aliphatic heterocycles. The summed E-state index contributed by atoms with van der Waals surface area (Å²) in [5, 5.41) is 7.48. The maximum atomic E-state index is 13.4. The monoisotopic (exact) mass is 382 g/mol. The van der Waals surface area contributed by atoms with E-state index in [-0.39, 0.29) is 22.7 Å². The van der Waals surface area contributed by atoms with Crippen molar-refractivity contribution >= 4 is 31.9 Å². The molecule has 0 saturated heterocycles. The van der Waals surface area contributed by atoms with E-state index in [9.17, 15) is 17.6 Å². The lowest BCUT2D eigenvalue weighted by Crippen LogP contribution is -2.29. The van der Waals surface area contributed by atoms with Crippen molar-refractivity contribution in [3.8, 4) is 0 Å². The molecule has 118 valence electrons. The van der Waals surface area contributed by atoms with Gasteiger partial charge in [0.1, 0.15) is 5.82 Å². The van der Waals surface area contributed by atoms with Crippen LogP contribution in [-0.2, 0) is 14.8 Å². The number of ether oxygens (including phenoxy) is 1. The van der Waals surface area contributed by atoms with Gasteiger partial charge in [0.05, 0.1) is 27.6 Å². The molecule has 0 bridgehead atoms. The average Bonchev–Trinajstić information content (AvgIpc) is 2.35. The Bertz CT molecular complexity index is 634. The normalized spacial score (nSPS) is 11.7. The summed E-state index contributed by atoms with van der Waals surface area (Å²) in [6.45, 7) is 4.20. The highest BCUT2D eigenvalue weighted by atomic mass is 79.9. The molecule has 0 saturated carbocycles. The number of halogens is 2. The Labute approximate surface area is 131 Å². The first-order valence-electron chi connectivity index (χ1n) is 6.04. The van der Waals surface area contributed by atoms with Crippen LogP contribution in [0.15, 0.2) is 21.5 Å². The maximum absolute atomic E-state index is 13.4. The van der Waals surface area contributed by atoms with Crippen LogP contribution >= 0.6 is 15.9 Å². The molecule has 3 N–H and O–H groups in total. The molecule has 1 rings (SSSR count). The smallest absolute Gasteiger partial charge is 0.252 e. The second kappa shape index (κ2) is 7.30. The number of carbonyl (C=O) groups is 1. The zero-order valence-corrected chi connectivity index (χ0v) is 13.9. The first kappa shape index (κ1) is 18.0. The fourth-order valence-electron chi connectivity index (χ4n) is 1.49. The van der Waals surface area contributed by atoms with Crippen molar-refractivity contribution in [2.45, 2.75) is 24.8 Å². The molecule has 0 heterocycles. The van der Waals surface area contributed by atoms with Crippen LogP contribution in [0.4, 0.5) is 4.39 Å². The minimum atomic E-state index is -4.14. The van der Waals surface area contributed by atoms with Gasteiger partial charge in [-0.25, -0.2) is 17.9 Å². The number of nitrogens with two attached hydrogens (primary N) is 1. The Hall–Kier alpha value is -1.03. The van der Waals surface area contributed by atoms with E-state index in [2.05, 4.69) is 21.2 Å². The molecule has 0 atom stereocenters. The van der Waals surface area contributed by atoms with Gasteiger partial charge in [-0.05, 0) is 41.9 Å². The number of rotatable bonds is 6. The highest BCUT2D eigenvalue weighted by Crippen LogP contribution is 2.26. The molecule has 1 amide bonds. The Kier molecular flexibility index (Phi) is 6.26. The van der Waals surface area contributed by atoms with E-state index in [4.69, 9.17) is 9.88 Å². The second-order valence-electron chi connectivity index (χ2n) is 4.49. The van der Waals surface area contributed by atoms with E-state index in [0.29, 0.717) is 6.61 Å². The summed E-state index contributed by atoms with van der Waals surface area (Å²) in [5.41, 5.74) is -0.149. The number of nitrogens with one attached hydrogen (secondary N) is 1. The van der Waals surface area contributed by atoms with Crippen molar-refractivity contribution in [3.05, 3.63) is 28.0 Å². The fraction of sp³-hybridized carbons (Fsp3) is 0.417. The average molecular weight is 383 g/mol. The minimum absolute atomic E-state index is 0.0248. The fourth-order valence-corrected chi connectivity index (χ4v) is 3.21. The summed E-state index contributed by atoms with van der Waals surface area (Å²) < 4.78 is 41.3. The molecule has 9 heteroatoms. The lowest BCUT2D eigenvalue weighted by molar-refractivity contribution is 0.0746. The Morgan fingerprint density at radius 1 is 1.48 bits per heavy atom. The third-order valence-electron chi connectivity index (χ3n) is 2.39. The van der Waals surface area contributed by atoms with Gasteiger partial charge < -0.3 is 10.1 Å². The first-order chi connectivity index (χ1) is 9.62. The van der Waals surface area contributed by atoms with Crippen molar-refractivity contribution in [2.24, 2.45) is 5.14 Å². The molecule has 1 aromatic rings. The number of sulfonamides is 1. The molecule has 0 aromatic heterocycles. The Morgan fingerprint density at radius 2 is 2.10 bits per heavy atom. The molecule has 0 spiro atoms. The first-order valence-corrected chi connectivity index (χ1v) is 8.38. The molecular weight excluding hydrogens is 367 g/mol. The van der Waals surface area contributed by atoms with Gasteiger partial charge in [-0.15, -0.1) is 0 Å². The Balaban J connectivity index is 2.93. The van der Waals surface area contributed by atoms with Crippen molar-refractivity contribution in [1.82, 2.24) is 5.32 Å². The van der Waals surface area contributed by atoms with Crippen LogP contribution < -0.4 is 10.5 Å². The molecule has 0 aliphatic rings. The molecular formula is C12H16BrFN2O4S. The zero-order valence-electron chi connectivity index (χ0n) is 11.5. The van der Waals surface area contributed by atoms with Gasteiger partial charge >= 0.3 is 0 Å². The zero-order chi connectivity index (χ0) is 16.2. The summed E-state index contributed by atoms with van der Waals surface area (Å²) in [5.74, 6) is -1.50. The number of hydrogen-bond acceptors (Lipinski definition) is 4. The third-order valence-corrected chi connectivity index (χ3v) is 4.45. The van der Waals surface area contributed by atoms with Gasteiger partial charge in [0.2, 0.25) is 10.0 Å². The topological polar surface area (TPSA) is 98.5 Å². The maximum Gasteiger partial charge on any atom is 0.252 e. The second-order valence-corrected chi connectivity index (χ2v) is 6.81. The number of amides is 1. The lowest BCUT2D eigenvalue weighted by Gasteiger charge is -2.11. The van der Waals surface area contributed by atoms with Gasteiger partial charge in [0.15, 0.2) is 0 Å². The predicted molar refractivity (Wildman–Crippen MR) is 78.9 cm³/mol. The van der Waals surface area contributed by atoms with Gasteiger partial charge in [-0.2, -0.15) is 0 Å². The van der Waals surface area contributed by atoms with Crippen LogP contribution in [-0.4, -0.2) is 33.6 Å². The number of benzene rings is 1. The van der Waals surface area contributed by atoms with E-state index in [0.717, 1.165) is 12.1 Å². The van der Waals surface area contributed by atoms with Crippen LogP contribution in [0.3, 0.4) is 0 Å². The standard InChI is InChI=1S/C12H16BrFN2O4S/c1-7(2)20-4-3-16-12(17)9-5-8(14)6-10(11(9)13)21(15,18)19/h5-7H,3-4H2,1-2H3,(H,16,17)(H2,15,18,19). The van der Waals surface area contributed by atoms with Crippen molar-refractivity contribution in [3.63, 3.8) is 0 Å². The number of primary sulfonamides is 1. The number of hydrogen-bond donors (Lipinski definition) is 2. The van der Waals surface area contributed by atoms with E-state index in [1.807, 2.05) is 13.8 Å². The van der Waals surface area contributed by atoms with E-state index in [1.54, 1.807) is 0 Å². The van der Waals surface area contributed by atoms with Crippen molar-refractivity contribution < 1.29 is 22.3 Å². The minimum Gasteiger partial charge on any atom is -0.377 e. The van der Waals surface area contributed by atoms with Gasteiger partial charge in [0.25, 0.3) is 5.91 Å². The highest BCUT2D eigenvalue weighted by Gasteiger charge is 2.21. The quantitative estimate of drug-likeness (QED) is 0.726. The molecule has 0 radical (unpaired) electrons. The molecule has 0 unspecified atom stereocenters. The summed E-state index contributed by atoms with van der Waals surface area (Å²) >= 11 is 2.97. The molecule has 21 heavy (non-hydrogen) atoms. The van der Waals surface area contributed by atoms with Crippen LogP contribution in [0.2, 0.25) is 0 Å². The largest absolute Gasteiger partial charge is 0.377 e. The number of carbonyl (C=O) groups excluding carboxylic acids is 1. The highest BCUT2D eigenvalue weighted by molar-refractivity contribution is 9.10. The van der Waals surface area contributed by atoms with Gasteiger partial charge in [-0.3, -0.25) is 4.79 Å². The van der Waals surface area contributed by atoms with E-state index < -0.39 is 26.6 Å². The summed E-state index contributed by atoms with van der Waals surface area (Å²) in [6, 6.07) is 1.68. The van der Waals surface area contributed by atoms with Crippen LogP contribution in [0.25, 0.3) is 0 Å². The van der Waals surface area contributed by atoms with Crippen LogP contribution in [0, 0.1) is 5.82 Å². The van der Waals surface area contributed by atoms with Crippen LogP contribution in [0.1, 0.15) is 24.2 Å².